The van der Waals surface area contributed by atoms with Crippen LogP contribution in [0.4, 0.5) is 0 Å². The Labute approximate surface area is 178 Å². The van der Waals surface area contributed by atoms with E-state index in [0.717, 1.165) is 0 Å². The van der Waals surface area contributed by atoms with Crippen molar-refractivity contribution in [3.63, 3.8) is 0 Å². The highest BCUT2D eigenvalue weighted by molar-refractivity contribution is 6.74. The van der Waals surface area contributed by atoms with E-state index in [0.29, 0.717) is 18.8 Å². The first-order valence-electron chi connectivity index (χ1n) is 11.1. The van der Waals surface area contributed by atoms with Crippen molar-refractivity contribution in [2.24, 2.45) is 11.8 Å². The molecule has 0 spiro atoms. The van der Waals surface area contributed by atoms with Crippen LogP contribution in [0.15, 0.2) is 0 Å². The third-order valence-electron chi connectivity index (χ3n) is 7.07. The van der Waals surface area contributed by atoms with Crippen LogP contribution in [0.1, 0.15) is 82.1 Å². The Morgan fingerprint density at radius 2 is 1.21 bits per heavy atom. The van der Waals surface area contributed by atoms with Crippen molar-refractivity contribution >= 4 is 22.4 Å². The lowest BCUT2D eigenvalue weighted by atomic mass is 9.88. The fraction of sp³-hybridized carbons (Fsp3) is 0.957. The molecule has 0 saturated heterocycles. The van der Waals surface area contributed by atoms with Gasteiger partial charge in [-0.3, -0.25) is 4.79 Å². The van der Waals surface area contributed by atoms with E-state index in [1.54, 1.807) is 0 Å². The van der Waals surface area contributed by atoms with Crippen molar-refractivity contribution in [3.05, 3.63) is 0 Å². The van der Waals surface area contributed by atoms with Gasteiger partial charge in [0.25, 0.3) is 0 Å². The third-order valence-corrected chi connectivity index (χ3v) is 16.1. The van der Waals surface area contributed by atoms with Crippen molar-refractivity contribution in [2.75, 3.05) is 0 Å². The second kappa shape index (κ2) is 9.89. The molecule has 0 aliphatic rings. The molecule has 0 bridgehead atoms. The van der Waals surface area contributed by atoms with Crippen LogP contribution in [0.3, 0.4) is 0 Å². The molecule has 0 fully saturated rings. The van der Waals surface area contributed by atoms with Gasteiger partial charge in [0, 0.05) is 18.8 Å². The van der Waals surface area contributed by atoms with E-state index in [1.807, 2.05) is 6.92 Å². The van der Waals surface area contributed by atoms with Gasteiger partial charge in [0.1, 0.15) is 5.78 Å². The summed E-state index contributed by atoms with van der Waals surface area (Å²) < 4.78 is 13.7. The van der Waals surface area contributed by atoms with Gasteiger partial charge in [0.15, 0.2) is 16.6 Å². The van der Waals surface area contributed by atoms with Gasteiger partial charge in [-0.15, -0.1) is 0 Å². The van der Waals surface area contributed by atoms with Crippen LogP contribution in [0.5, 0.6) is 0 Å². The maximum absolute atomic E-state index is 12.4. The SMILES string of the molecule is CCC(=O)C[C@@H](O[Si](C)(C)C(C)(C)C)[C@H](C)[C@@H](O[Si](C)(C)C(C)(C)C)C(C)C. The van der Waals surface area contributed by atoms with Gasteiger partial charge in [-0.25, -0.2) is 0 Å². The van der Waals surface area contributed by atoms with Crippen LogP contribution in [0, 0.1) is 11.8 Å². The van der Waals surface area contributed by atoms with Crippen LogP contribution >= 0.6 is 0 Å². The summed E-state index contributed by atoms with van der Waals surface area (Å²) in [6.07, 6.45) is 1.08. The van der Waals surface area contributed by atoms with Gasteiger partial charge in [0.05, 0.1) is 12.2 Å². The molecule has 0 N–H and O–H groups in total. The molecule has 5 heteroatoms. The molecule has 0 aromatic rings. The summed E-state index contributed by atoms with van der Waals surface area (Å²) in [6.45, 7) is 31.5. The second-order valence-electron chi connectivity index (χ2n) is 12.0. The maximum Gasteiger partial charge on any atom is 0.192 e. The Kier molecular flexibility index (Phi) is 9.90. The highest BCUT2D eigenvalue weighted by Gasteiger charge is 2.45. The molecule has 0 radical (unpaired) electrons. The topological polar surface area (TPSA) is 35.5 Å². The summed E-state index contributed by atoms with van der Waals surface area (Å²) in [4.78, 5) is 12.4. The van der Waals surface area contributed by atoms with Gasteiger partial charge in [-0.05, 0) is 42.2 Å². The Morgan fingerprint density at radius 3 is 1.54 bits per heavy atom. The van der Waals surface area contributed by atoms with E-state index >= 15 is 0 Å². The predicted octanol–water partition coefficient (Wildman–Crippen LogP) is 7.43. The first kappa shape index (κ1) is 28.0. The maximum atomic E-state index is 12.4. The summed E-state index contributed by atoms with van der Waals surface area (Å²) in [5.74, 6) is 0.843. The Hall–Kier alpha value is 0.0238. The molecular weight excluding hydrogens is 380 g/mol. The predicted molar refractivity (Wildman–Crippen MR) is 128 cm³/mol. The molecule has 0 heterocycles. The summed E-state index contributed by atoms with van der Waals surface area (Å²) in [5.41, 5.74) is 0. The quantitative estimate of drug-likeness (QED) is 0.338. The largest absolute Gasteiger partial charge is 0.413 e. The Morgan fingerprint density at radius 1 is 0.821 bits per heavy atom. The van der Waals surface area contributed by atoms with E-state index in [2.05, 4.69) is 88.5 Å². The molecular formula is C23H50O3Si2. The number of hydrogen-bond acceptors (Lipinski definition) is 3. The molecule has 0 aliphatic carbocycles. The molecule has 28 heavy (non-hydrogen) atoms. The number of Topliss-reactive ketones (excluding diaryl/α,β-unsaturated/α-hetero) is 1. The lowest BCUT2D eigenvalue weighted by Gasteiger charge is -2.46. The minimum atomic E-state index is -1.98. The molecule has 3 atom stereocenters. The smallest absolute Gasteiger partial charge is 0.192 e. The average molecular weight is 431 g/mol. The van der Waals surface area contributed by atoms with Gasteiger partial charge in [-0.1, -0.05) is 69.2 Å². The van der Waals surface area contributed by atoms with Crippen LogP contribution < -0.4 is 0 Å². The second-order valence-corrected chi connectivity index (χ2v) is 21.5. The molecule has 0 saturated carbocycles. The normalized spacial score (nSPS) is 17.5. The van der Waals surface area contributed by atoms with Crippen molar-refractivity contribution in [1.29, 1.82) is 0 Å². The molecule has 0 unspecified atom stereocenters. The van der Waals surface area contributed by atoms with Crippen molar-refractivity contribution in [3.8, 4) is 0 Å². The minimum absolute atomic E-state index is 0.0782. The van der Waals surface area contributed by atoms with E-state index in [9.17, 15) is 4.79 Å². The first-order chi connectivity index (χ1) is 12.3. The average Bonchev–Trinajstić information content (AvgIpc) is 2.48. The number of hydrogen-bond donors (Lipinski definition) is 0. The Bertz CT molecular complexity index is 499. The fourth-order valence-corrected chi connectivity index (χ4v) is 5.77. The highest BCUT2D eigenvalue weighted by Crippen LogP contribution is 2.42. The summed E-state index contributed by atoms with van der Waals surface area (Å²) in [6, 6.07) is 0. The number of carbonyl (C=O) groups excluding carboxylic acids is 1. The molecule has 0 aliphatic heterocycles. The molecule has 0 amide bonds. The minimum Gasteiger partial charge on any atom is -0.413 e. The Balaban J connectivity index is 5.84. The van der Waals surface area contributed by atoms with Gasteiger partial charge in [-0.2, -0.15) is 0 Å². The molecule has 0 aromatic heterocycles. The number of ketones is 1. The first-order valence-corrected chi connectivity index (χ1v) is 17.0. The lowest BCUT2D eigenvalue weighted by molar-refractivity contribution is -0.121. The van der Waals surface area contributed by atoms with E-state index in [4.69, 9.17) is 8.85 Å². The molecule has 0 aromatic carbocycles. The van der Waals surface area contributed by atoms with E-state index in [-0.39, 0.29) is 34.0 Å². The monoisotopic (exact) mass is 430 g/mol. The fourth-order valence-electron chi connectivity index (χ4n) is 2.84. The zero-order chi connectivity index (χ0) is 22.7. The summed E-state index contributed by atoms with van der Waals surface area (Å²) in [5, 5.41) is 0.280. The zero-order valence-corrected chi connectivity index (χ0v) is 23.4. The van der Waals surface area contributed by atoms with Gasteiger partial charge < -0.3 is 8.85 Å². The van der Waals surface area contributed by atoms with Crippen molar-refractivity contribution in [2.45, 2.75) is 131 Å². The lowest BCUT2D eigenvalue weighted by Crippen LogP contribution is -2.52. The zero-order valence-electron chi connectivity index (χ0n) is 21.4. The van der Waals surface area contributed by atoms with Crippen LogP contribution in [0.25, 0.3) is 0 Å². The number of rotatable bonds is 10. The highest BCUT2D eigenvalue weighted by atomic mass is 28.4. The summed E-state index contributed by atoms with van der Waals surface area (Å²) in [7, 11) is -3.89. The van der Waals surface area contributed by atoms with Gasteiger partial charge in [0.2, 0.25) is 0 Å². The van der Waals surface area contributed by atoms with Crippen molar-refractivity contribution in [1.82, 2.24) is 0 Å². The van der Waals surface area contributed by atoms with Crippen LogP contribution in [-0.4, -0.2) is 34.6 Å². The van der Waals surface area contributed by atoms with Gasteiger partial charge >= 0.3 is 0 Å². The summed E-state index contributed by atoms with van der Waals surface area (Å²) >= 11 is 0. The molecule has 3 nitrogen and oxygen atoms in total. The van der Waals surface area contributed by atoms with Crippen LogP contribution in [-0.2, 0) is 13.6 Å². The molecule has 168 valence electrons. The third kappa shape index (κ3) is 7.69. The van der Waals surface area contributed by atoms with Crippen molar-refractivity contribution < 1.29 is 13.6 Å². The van der Waals surface area contributed by atoms with E-state index in [1.165, 1.54) is 0 Å². The number of carbonyl (C=O) groups is 1. The van der Waals surface area contributed by atoms with Crippen LogP contribution in [0.2, 0.25) is 36.3 Å². The standard InChI is InChI=1S/C23H50O3Si2/c1-15-19(24)16-20(25-27(11,12)22(5,6)7)18(4)21(17(2)3)26-28(13,14)23(8,9)10/h17-18,20-21H,15-16H2,1-14H3/t18-,20+,21-/m0/s1. The molecule has 0 rings (SSSR count). The van der Waals surface area contributed by atoms with E-state index < -0.39 is 16.6 Å².